The van der Waals surface area contributed by atoms with E-state index in [9.17, 15) is 9.18 Å². The zero-order chi connectivity index (χ0) is 14.9. The SMILES string of the molecule is Cc1ccc(N)c(C(=O)Nc2cc(Br)c(F)cc2C)c1. The largest absolute Gasteiger partial charge is 0.398 e. The number of aryl methyl sites for hydroxylation is 2. The van der Waals surface area contributed by atoms with Crippen molar-refractivity contribution in [1.82, 2.24) is 0 Å². The first-order valence-electron chi connectivity index (χ1n) is 6.01. The number of amides is 1. The van der Waals surface area contributed by atoms with Gasteiger partial charge in [-0.05, 0) is 59.6 Å². The number of carbonyl (C=O) groups is 1. The van der Waals surface area contributed by atoms with Crippen molar-refractivity contribution in [2.45, 2.75) is 13.8 Å². The lowest BCUT2D eigenvalue weighted by Crippen LogP contribution is -2.15. The van der Waals surface area contributed by atoms with E-state index in [4.69, 9.17) is 5.73 Å². The van der Waals surface area contributed by atoms with E-state index in [1.165, 1.54) is 12.1 Å². The number of hydrogen-bond acceptors (Lipinski definition) is 2. The van der Waals surface area contributed by atoms with Crippen LogP contribution in [0, 0.1) is 19.7 Å². The van der Waals surface area contributed by atoms with Crippen molar-refractivity contribution in [3.63, 3.8) is 0 Å². The smallest absolute Gasteiger partial charge is 0.257 e. The Bertz CT molecular complexity index is 686. The average Bonchev–Trinajstić information content (AvgIpc) is 2.38. The van der Waals surface area contributed by atoms with Crippen LogP contribution in [0.25, 0.3) is 0 Å². The molecule has 0 unspecified atom stereocenters. The van der Waals surface area contributed by atoms with E-state index in [1.807, 2.05) is 13.0 Å². The molecule has 3 nitrogen and oxygen atoms in total. The van der Waals surface area contributed by atoms with E-state index in [2.05, 4.69) is 21.2 Å². The summed E-state index contributed by atoms with van der Waals surface area (Å²) in [6, 6.07) is 8.15. The normalized spacial score (nSPS) is 10.4. The summed E-state index contributed by atoms with van der Waals surface area (Å²) in [6.07, 6.45) is 0. The fraction of sp³-hybridized carbons (Fsp3) is 0.133. The van der Waals surface area contributed by atoms with Gasteiger partial charge in [0, 0.05) is 11.4 Å². The van der Waals surface area contributed by atoms with Crippen LogP contribution >= 0.6 is 15.9 Å². The average molecular weight is 337 g/mol. The number of anilines is 2. The fourth-order valence-corrected chi connectivity index (χ4v) is 2.18. The zero-order valence-electron chi connectivity index (χ0n) is 11.1. The van der Waals surface area contributed by atoms with Gasteiger partial charge in [-0.3, -0.25) is 4.79 Å². The Morgan fingerprint density at radius 2 is 1.95 bits per heavy atom. The van der Waals surface area contributed by atoms with Crippen molar-refractivity contribution < 1.29 is 9.18 Å². The number of nitrogens with one attached hydrogen (secondary N) is 1. The predicted molar refractivity (Wildman–Crippen MR) is 82.4 cm³/mol. The summed E-state index contributed by atoms with van der Waals surface area (Å²) in [6.45, 7) is 3.61. The molecule has 0 atom stereocenters. The monoisotopic (exact) mass is 336 g/mol. The molecule has 3 N–H and O–H groups in total. The summed E-state index contributed by atoms with van der Waals surface area (Å²) < 4.78 is 13.7. The molecule has 1 amide bonds. The van der Waals surface area contributed by atoms with Gasteiger partial charge in [-0.25, -0.2) is 4.39 Å². The summed E-state index contributed by atoms with van der Waals surface area (Å²) in [7, 11) is 0. The van der Waals surface area contributed by atoms with E-state index < -0.39 is 0 Å². The molecule has 2 aromatic rings. The maximum absolute atomic E-state index is 13.4. The molecular weight excluding hydrogens is 323 g/mol. The van der Waals surface area contributed by atoms with Gasteiger partial charge in [0.25, 0.3) is 5.91 Å². The number of carbonyl (C=O) groups excluding carboxylic acids is 1. The minimum absolute atomic E-state index is 0.301. The number of nitrogen functional groups attached to an aromatic ring is 1. The number of hydrogen-bond donors (Lipinski definition) is 2. The Morgan fingerprint density at radius 1 is 1.25 bits per heavy atom. The van der Waals surface area contributed by atoms with Crippen LogP contribution in [-0.2, 0) is 0 Å². The summed E-state index contributed by atoms with van der Waals surface area (Å²) in [5.74, 6) is -0.677. The standard InChI is InChI=1S/C15H14BrFN2O/c1-8-3-4-13(18)10(5-8)15(20)19-14-7-11(16)12(17)6-9(14)2/h3-7H,18H2,1-2H3,(H,19,20). The van der Waals surface area contributed by atoms with Crippen molar-refractivity contribution in [2.24, 2.45) is 0 Å². The van der Waals surface area contributed by atoms with Crippen LogP contribution in [0.1, 0.15) is 21.5 Å². The van der Waals surface area contributed by atoms with Crippen molar-refractivity contribution in [2.75, 3.05) is 11.1 Å². The third-order valence-corrected chi connectivity index (χ3v) is 3.58. The molecule has 0 spiro atoms. The molecule has 20 heavy (non-hydrogen) atoms. The van der Waals surface area contributed by atoms with Crippen LogP contribution in [0.2, 0.25) is 0 Å². The third-order valence-electron chi connectivity index (χ3n) is 2.97. The van der Waals surface area contributed by atoms with Gasteiger partial charge in [-0.1, -0.05) is 11.6 Å². The van der Waals surface area contributed by atoms with Gasteiger partial charge >= 0.3 is 0 Å². The maximum Gasteiger partial charge on any atom is 0.257 e. The second-order valence-electron chi connectivity index (χ2n) is 4.63. The summed E-state index contributed by atoms with van der Waals surface area (Å²) in [5, 5.41) is 2.75. The molecule has 0 aromatic heterocycles. The molecule has 0 saturated carbocycles. The topological polar surface area (TPSA) is 55.1 Å². The lowest BCUT2D eigenvalue weighted by molar-refractivity contribution is 0.102. The molecule has 104 valence electrons. The van der Waals surface area contributed by atoms with Crippen molar-refractivity contribution >= 4 is 33.2 Å². The number of benzene rings is 2. The number of nitrogens with two attached hydrogens (primary N) is 1. The molecule has 5 heteroatoms. The van der Waals surface area contributed by atoms with E-state index in [-0.39, 0.29) is 11.7 Å². The molecule has 0 fully saturated rings. The molecule has 0 radical (unpaired) electrons. The van der Waals surface area contributed by atoms with Gasteiger partial charge in [-0.15, -0.1) is 0 Å². The molecule has 0 aliphatic carbocycles. The van der Waals surface area contributed by atoms with Crippen LogP contribution < -0.4 is 11.1 Å². The second kappa shape index (κ2) is 5.63. The van der Waals surface area contributed by atoms with Crippen LogP contribution in [-0.4, -0.2) is 5.91 Å². The fourth-order valence-electron chi connectivity index (χ4n) is 1.84. The molecule has 2 rings (SSSR count). The van der Waals surface area contributed by atoms with Crippen LogP contribution in [0.5, 0.6) is 0 Å². The summed E-state index contributed by atoms with van der Waals surface area (Å²) >= 11 is 3.10. The van der Waals surface area contributed by atoms with Gasteiger partial charge in [0.15, 0.2) is 0 Å². The Labute approximate surface area is 125 Å². The van der Waals surface area contributed by atoms with Crippen LogP contribution in [0.3, 0.4) is 0 Å². The Kier molecular flexibility index (Phi) is 4.09. The minimum Gasteiger partial charge on any atom is -0.398 e. The first kappa shape index (κ1) is 14.5. The van der Waals surface area contributed by atoms with Crippen molar-refractivity contribution in [3.05, 3.63) is 57.3 Å². The molecule has 0 saturated heterocycles. The van der Waals surface area contributed by atoms with Crippen molar-refractivity contribution in [3.8, 4) is 0 Å². The lowest BCUT2D eigenvalue weighted by atomic mass is 10.1. The molecule has 0 heterocycles. The van der Waals surface area contributed by atoms with E-state index in [0.717, 1.165) is 5.56 Å². The van der Waals surface area contributed by atoms with E-state index in [1.54, 1.807) is 19.1 Å². The highest BCUT2D eigenvalue weighted by Gasteiger charge is 2.13. The van der Waals surface area contributed by atoms with E-state index in [0.29, 0.717) is 27.0 Å². The molecule has 0 bridgehead atoms. The maximum atomic E-state index is 13.4. The van der Waals surface area contributed by atoms with Gasteiger partial charge in [0.05, 0.1) is 10.0 Å². The molecule has 0 aliphatic rings. The molecule has 2 aromatic carbocycles. The second-order valence-corrected chi connectivity index (χ2v) is 5.48. The predicted octanol–water partition coefficient (Wildman–Crippen LogP) is 4.04. The minimum atomic E-state index is -0.365. The van der Waals surface area contributed by atoms with Gasteiger partial charge in [0.1, 0.15) is 5.82 Å². The van der Waals surface area contributed by atoms with Crippen LogP contribution in [0.4, 0.5) is 15.8 Å². The summed E-state index contributed by atoms with van der Waals surface area (Å²) in [4.78, 5) is 12.2. The quantitative estimate of drug-likeness (QED) is 0.813. The van der Waals surface area contributed by atoms with Crippen molar-refractivity contribution in [1.29, 1.82) is 0 Å². The highest BCUT2D eigenvalue weighted by molar-refractivity contribution is 9.10. The Balaban J connectivity index is 2.32. The Morgan fingerprint density at radius 3 is 2.65 bits per heavy atom. The lowest BCUT2D eigenvalue weighted by Gasteiger charge is -2.11. The zero-order valence-corrected chi connectivity index (χ0v) is 12.7. The van der Waals surface area contributed by atoms with Gasteiger partial charge in [0.2, 0.25) is 0 Å². The van der Waals surface area contributed by atoms with Gasteiger partial charge in [-0.2, -0.15) is 0 Å². The number of halogens is 2. The highest BCUT2D eigenvalue weighted by atomic mass is 79.9. The first-order valence-corrected chi connectivity index (χ1v) is 6.81. The highest BCUT2D eigenvalue weighted by Crippen LogP contribution is 2.25. The van der Waals surface area contributed by atoms with E-state index >= 15 is 0 Å². The molecule has 0 aliphatic heterocycles. The van der Waals surface area contributed by atoms with Crippen LogP contribution in [0.15, 0.2) is 34.8 Å². The third kappa shape index (κ3) is 2.99. The summed E-state index contributed by atoms with van der Waals surface area (Å²) in [5.41, 5.74) is 8.76. The first-order chi connectivity index (χ1) is 9.38. The molecular formula is C15H14BrFN2O. The number of rotatable bonds is 2. The Hall–Kier alpha value is -1.88. The van der Waals surface area contributed by atoms with Gasteiger partial charge < -0.3 is 11.1 Å².